The second kappa shape index (κ2) is 12.8. The predicted molar refractivity (Wildman–Crippen MR) is 151 cm³/mol. The van der Waals surface area contributed by atoms with E-state index in [1.54, 1.807) is 0 Å². The second-order valence-corrected chi connectivity index (χ2v) is 12.0. The summed E-state index contributed by atoms with van der Waals surface area (Å²) in [6.07, 6.45) is 1.23. The first-order valence-corrected chi connectivity index (χ1v) is 14.6. The Labute approximate surface area is 235 Å². The minimum atomic E-state index is -3.92. The fourth-order valence-electron chi connectivity index (χ4n) is 3.79. The second-order valence-electron chi connectivity index (χ2n) is 8.33. The van der Waals surface area contributed by atoms with Gasteiger partial charge >= 0.3 is 0 Å². The number of sulfonamides is 1. The van der Waals surface area contributed by atoms with Crippen LogP contribution in [-0.4, -0.2) is 51.0 Å². The first-order valence-electron chi connectivity index (χ1n) is 11.2. The molecule has 0 fully saturated rings. The fraction of sp³-hybridized carbons (Fsp3) is 0.231. The fourth-order valence-corrected chi connectivity index (χ4v) is 5.47. The summed E-state index contributed by atoms with van der Waals surface area (Å²) in [5.41, 5.74) is 1.74. The smallest absolute Gasteiger partial charge is 0.244 e. The van der Waals surface area contributed by atoms with E-state index in [4.69, 9.17) is 23.2 Å². The summed E-state index contributed by atoms with van der Waals surface area (Å²) in [6.45, 7) is -0.470. The number of hydrogen-bond acceptors (Lipinski definition) is 4. The molecule has 0 saturated heterocycles. The maximum atomic E-state index is 13.8. The molecule has 0 bridgehead atoms. The zero-order chi connectivity index (χ0) is 27.2. The lowest BCUT2D eigenvalue weighted by atomic mass is 10.0. The van der Waals surface area contributed by atoms with Crippen molar-refractivity contribution < 1.29 is 18.0 Å². The molecular formula is C26H26BrCl2N3O4S. The summed E-state index contributed by atoms with van der Waals surface area (Å²) < 4.78 is 27.3. The lowest BCUT2D eigenvalue weighted by Gasteiger charge is -2.33. The number of carbonyl (C=O) groups is 2. The summed E-state index contributed by atoms with van der Waals surface area (Å²) in [5, 5.41) is 3.05. The van der Waals surface area contributed by atoms with Crippen LogP contribution in [0.3, 0.4) is 0 Å². The van der Waals surface area contributed by atoms with Crippen LogP contribution in [0.5, 0.6) is 0 Å². The molecule has 2 amide bonds. The maximum absolute atomic E-state index is 13.8. The van der Waals surface area contributed by atoms with Gasteiger partial charge in [-0.15, -0.1) is 0 Å². The lowest BCUT2D eigenvalue weighted by Crippen LogP contribution is -2.52. The number of halogens is 3. The molecule has 0 unspecified atom stereocenters. The number of carbonyl (C=O) groups excluding carboxylic acids is 2. The van der Waals surface area contributed by atoms with Crippen LogP contribution in [0.1, 0.15) is 11.1 Å². The summed E-state index contributed by atoms with van der Waals surface area (Å²) in [5.74, 6) is -0.936. The van der Waals surface area contributed by atoms with Crippen molar-refractivity contribution in [1.29, 1.82) is 0 Å². The number of hydrogen-bond donors (Lipinski definition) is 1. The molecular weight excluding hydrogens is 601 g/mol. The van der Waals surface area contributed by atoms with Gasteiger partial charge in [-0.2, -0.15) is 0 Å². The van der Waals surface area contributed by atoms with Gasteiger partial charge in [-0.25, -0.2) is 8.42 Å². The number of nitrogens with one attached hydrogen (secondary N) is 1. The molecule has 0 aromatic heterocycles. The third-order valence-electron chi connectivity index (χ3n) is 5.64. The molecule has 3 aromatic carbocycles. The minimum absolute atomic E-state index is 0.0809. The van der Waals surface area contributed by atoms with E-state index < -0.39 is 28.5 Å². The summed E-state index contributed by atoms with van der Waals surface area (Å²) >= 11 is 15.7. The van der Waals surface area contributed by atoms with Crippen LogP contribution in [0.2, 0.25) is 10.0 Å². The Hall–Kier alpha value is -2.59. The van der Waals surface area contributed by atoms with Crippen LogP contribution in [0.4, 0.5) is 5.69 Å². The number of benzene rings is 3. The Morgan fingerprint density at radius 3 is 2.19 bits per heavy atom. The number of likely N-dealkylation sites (N-methyl/N-ethyl adjacent to an activating group) is 1. The quantitative estimate of drug-likeness (QED) is 0.347. The minimum Gasteiger partial charge on any atom is -0.357 e. The van der Waals surface area contributed by atoms with Crippen LogP contribution in [0.15, 0.2) is 77.3 Å². The highest BCUT2D eigenvalue weighted by Gasteiger charge is 2.33. The Bertz CT molecular complexity index is 1360. The van der Waals surface area contributed by atoms with Gasteiger partial charge in [-0.05, 0) is 41.5 Å². The first-order chi connectivity index (χ1) is 17.5. The molecule has 196 valence electrons. The number of amides is 2. The van der Waals surface area contributed by atoms with Crippen molar-refractivity contribution in [1.82, 2.24) is 10.2 Å². The van der Waals surface area contributed by atoms with E-state index in [1.165, 1.54) is 30.1 Å². The highest BCUT2D eigenvalue weighted by Crippen LogP contribution is 2.30. The Morgan fingerprint density at radius 1 is 0.973 bits per heavy atom. The standard InChI is InChI=1S/C26H26BrCl2N3O4S/c1-30-26(34)24(14-18-6-4-3-5-7-18)31(16-19-8-10-20(27)11-9-19)25(33)17-32(37(2,35)36)23-13-12-21(28)15-22(23)29/h3-13,15,24H,14,16-17H2,1-2H3,(H,30,34)/t24-/m1/s1. The van der Waals surface area contributed by atoms with Crippen LogP contribution < -0.4 is 9.62 Å². The van der Waals surface area contributed by atoms with Crippen molar-refractivity contribution in [2.45, 2.75) is 19.0 Å². The summed E-state index contributed by atoms with van der Waals surface area (Å²) in [7, 11) is -2.42. The monoisotopic (exact) mass is 625 g/mol. The highest BCUT2D eigenvalue weighted by molar-refractivity contribution is 9.10. The molecule has 0 aliphatic carbocycles. The molecule has 0 radical (unpaired) electrons. The van der Waals surface area contributed by atoms with Gasteiger partial charge in [0.25, 0.3) is 0 Å². The molecule has 1 N–H and O–H groups in total. The molecule has 0 spiro atoms. The molecule has 0 saturated carbocycles. The van der Waals surface area contributed by atoms with Crippen LogP contribution >= 0.6 is 39.1 Å². The molecule has 0 aliphatic rings. The van der Waals surface area contributed by atoms with Crippen LogP contribution in [0.25, 0.3) is 0 Å². The Balaban J connectivity index is 2.04. The molecule has 3 rings (SSSR count). The summed E-state index contributed by atoms with van der Waals surface area (Å²) in [6, 6.07) is 20.1. The van der Waals surface area contributed by atoms with E-state index >= 15 is 0 Å². The van der Waals surface area contributed by atoms with Gasteiger partial charge in [0, 0.05) is 29.5 Å². The molecule has 7 nitrogen and oxygen atoms in total. The van der Waals surface area contributed by atoms with E-state index in [0.717, 1.165) is 26.2 Å². The topological polar surface area (TPSA) is 86.8 Å². The van der Waals surface area contributed by atoms with Crippen molar-refractivity contribution in [2.75, 3.05) is 24.2 Å². The SMILES string of the molecule is CNC(=O)[C@@H](Cc1ccccc1)N(Cc1ccc(Br)cc1)C(=O)CN(c1ccc(Cl)cc1Cl)S(C)(=O)=O. The van der Waals surface area contributed by atoms with Crippen molar-refractivity contribution in [3.63, 3.8) is 0 Å². The Kier molecular flexibility index (Phi) is 10.0. The Morgan fingerprint density at radius 2 is 1.62 bits per heavy atom. The van der Waals surface area contributed by atoms with Gasteiger partial charge in [0.15, 0.2) is 0 Å². The molecule has 0 aliphatic heterocycles. The van der Waals surface area contributed by atoms with E-state index in [2.05, 4.69) is 21.2 Å². The van der Waals surface area contributed by atoms with E-state index in [1.807, 2.05) is 54.6 Å². The van der Waals surface area contributed by atoms with Gasteiger partial charge in [-0.1, -0.05) is 81.6 Å². The van der Waals surface area contributed by atoms with Crippen LogP contribution in [0, 0.1) is 0 Å². The van der Waals surface area contributed by atoms with Gasteiger partial charge in [0.1, 0.15) is 12.6 Å². The zero-order valence-corrected chi connectivity index (χ0v) is 24.1. The molecule has 11 heteroatoms. The first kappa shape index (κ1) is 29.0. The zero-order valence-electron chi connectivity index (χ0n) is 20.2. The van der Waals surface area contributed by atoms with Crippen molar-refractivity contribution in [3.05, 3.63) is 98.4 Å². The molecule has 0 heterocycles. The third kappa shape index (κ3) is 7.95. The van der Waals surface area contributed by atoms with Gasteiger partial charge < -0.3 is 10.2 Å². The van der Waals surface area contributed by atoms with Gasteiger partial charge in [0.2, 0.25) is 21.8 Å². The van der Waals surface area contributed by atoms with Crippen molar-refractivity contribution in [2.24, 2.45) is 0 Å². The number of rotatable bonds is 10. The summed E-state index contributed by atoms with van der Waals surface area (Å²) in [4.78, 5) is 28.3. The van der Waals surface area contributed by atoms with E-state index in [9.17, 15) is 18.0 Å². The normalized spacial score (nSPS) is 12.0. The third-order valence-corrected chi connectivity index (χ3v) is 7.83. The maximum Gasteiger partial charge on any atom is 0.244 e. The largest absolute Gasteiger partial charge is 0.357 e. The number of nitrogens with zero attached hydrogens (tertiary/aromatic N) is 2. The lowest BCUT2D eigenvalue weighted by molar-refractivity contribution is -0.139. The van der Waals surface area contributed by atoms with Gasteiger partial charge in [-0.3, -0.25) is 13.9 Å². The average molecular weight is 627 g/mol. The van der Waals surface area contributed by atoms with Crippen LogP contribution in [-0.2, 0) is 32.6 Å². The molecule has 3 aromatic rings. The predicted octanol–water partition coefficient (Wildman–Crippen LogP) is 4.91. The van der Waals surface area contributed by atoms with Crippen molar-refractivity contribution in [3.8, 4) is 0 Å². The van der Waals surface area contributed by atoms with Crippen molar-refractivity contribution >= 4 is 66.7 Å². The molecule has 37 heavy (non-hydrogen) atoms. The molecule has 1 atom stereocenters. The number of anilines is 1. The average Bonchev–Trinajstić information content (AvgIpc) is 2.85. The van der Waals surface area contributed by atoms with E-state index in [-0.39, 0.29) is 29.6 Å². The van der Waals surface area contributed by atoms with Gasteiger partial charge in [0.05, 0.1) is 17.0 Å². The highest BCUT2D eigenvalue weighted by atomic mass is 79.9. The van der Waals surface area contributed by atoms with E-state index in [0.29, 0.717) is 5.02 Å².